The van der Waals surface area contributed by atoms with Crippen LogP contribution in [0, 0.1) is 17.7 Å². The summed E-state index contributed by atoms with van der Waals surface area (Å²) in [7, 11) is 0. The highest BCUT2D eigenvalue weighted by atomic mass is 19.1. The summed E-state index contributed by atoms with van der Waals surface area (Å²) >= 11 is 0. The van der Waals surface area contributed by atoms with Crippen LogP contribution in [0.5, 0.6) is 0 Å². The van der Waals surface area contributed by atoms with Crippen molar-refractivity contribution in [2.24, 2.45) is 11.8 Å². The minimum atomic E-state index is -0.389. The van der Waals surface area contributed by atoms with Crippen LogP contribution < -0.4 is 0 Å². The van der Waals surface area contributed by atoms with Crippen LogP contribution in [0.25, 0.3) is 0 Å². The average molecular weight is 236 g/mol. The van der Waals surface area contributed by atoms with Crippen molar-refractivity contribution in [3.63, 3.8) is 0 Å². The molecule has 2 rings (SSSR count). The summed E-state index contributed by atoms with van der Waals surface area (Å²) in [6, 6.07) is 6.75. The van der Waals surface area contributed by atoms with Gasteiger partial charge < -0.3 is 5.11 Å². The first-order valence-electron chi connectivity index (χ1n) is 6.58. The van der Waals surface area contributed by atoms with Crippen molar-refractivity contribution in [1.29, 1.82) is 0 Å². The highest BCUT2D eigenvalue weighted by Gasteiger charge is 2.25. The van der Waals surface area contributed by atoms with Gasteiger partial charge in [-0.3, -0.25) is 0 Å². The van der Waals surface area contributed by atoms with Crippen molar-refractivity contribution >= 4 is 0 Å². The van der Waals surface area contributed by atoms with E-state index in [4.69, 9.17) is 0 Å². The van der Waals surface area contributed by atoms with Gasteiger partial charge in [0.15, 0.2) is 0 Å². The standard InChI is InChI=1S/C15H21FO/c1-11-6-8-12(9-7-11)15(17)10-13-4-2-3-5-14(13)16/h2-5,11-12,15,17H,6-10H2,1H3. The molecule has 1 unspecified atom stereocenters. The Hall–Kier alpha value is -0.890. The first-order chi connectivity index (χ1) is 8.16. The third kappa shape index (κ3) is 3.29. The van der Waals surface area contributed by atoms with E-state index >= 15 is 0 Å². The van der Waals surface area contributed by atoms with Crippen LogP contribution in [-0.4, -0.2) is 11.2 Å². The Labute approximate surface area is 103 Å². The lowest BCUT2D eigenvalue weighted by molar-refractivity contribution is 0.0754. The summed E-state index contributed by atoms with van der Waals surface area (Å²) in [5, 5.41) is 10.2. The van der Waals surface area contributed by atoms with Gasteiger partial charge in [0.05, 0.1) is 6.10 Å². The first-order valence-corrected chi connectivity index (χ1v) is 6.58. The number of halogens is 1. The molecule has 1 aliphatic rings. The van der Waals surface area contributed by atoms with Gasteiger partial charge in [0, 0.05) is 6.42 Å². The van der Waals surface area contributed by atoms with Crippen molar-refractivity contribution in [2.45, 2.75) is 45.1 Å². The van der Waals surface area contributed by atoms with Crippen LogP contribution in [0.15, 0.2) is 24.3 Å². The van der Waals surface area contributed by atoms with E-state index in [0.29, 0.717) is 17.9 Å². The van der Waals surface area contributed by atoms with Crippen molar-refractivity contribution < 1.29 is 9.50 Å². The molecule has 0 bridgehead atoms. The summed E-state index contributed by atoms with van der Waals surface area (Å²) in [6.45, 7) is 2.26. The molecular formula is C15H21FO. The average Bonchev–Trinajstić information content (AvgIpc) is 2.33. The molecule has 0 aliphatic heterocycles. The Balaban J connectivity index is 1.93. The third-order valence-electron chi connectivity index (χ3n) is 3.99. The first kappa shape index (κ1) is 12.6. The summed E-state index contributed by atoms with van der Waals surface area (Å²) < 4.78 is 13.5. The number of hydrogen-bond acceptors (Lipinski definition) is 1. The topological polar surface area (TPSA) is 20.2 Å². The zero-order valence-electron chi connectivity index (χ0n) is 10.4. The van der Waals surface area contributed by atoms with Gasteiger partial charge in [0.25, 0.3) is 0 Å². The van der Waals surface area contributed by atoms with E-state index in [0.717, 1.165) is 18.8 Å². The van der Waals surface area contributed by atoms with E-state index < -0.39 is 0 Å². The maximum atomic E-state index is 13.5. The van der Waals surface area contributed by atoms with E-state index in [1.807, 2.05) is 6.07 Å². The smallest absolute Gasteiger partial charge is 0.126 e. The van der Waals surface area contributed by atoms with Gasteiger partial charge in [0.2, 0.25) is 0 Å². The van der Waals surface area contributed by atoms with Gasteiger partial charge in [-0.15, -0.1) is 0 Å². The summed E-state index contributed by atoms with van der Waals surface area (Å²) in [5.74, 6) is 0.938. The molecule has 1 saturated carbocycles. The molecule has 0 spiro atoms. The Morgan fingerprint density at radius 1 is 1.24 bits per heavy atom. The molecule has 0 heterocycles. The van der Waals surface area contributed by atoms with E-state index in [1.165, 1.54) is 18.9 Å². The molecule has 1 aromatic carbocycles. The van der Waals surface area contributed by atoms with E-state index in [9.17, 15) is 9.50 Å². The normalized spacial score (nSPS) is 26.8. The second-order valence-corrected chi connectivity index (χ2v) is 5.38. The quantitative estimate of drug-likeness (QED) is 0.850. The SMILES string of the molecule is CC1CCC(C(O)Cc2ccccc2F)CC1. The minimum absolute atomic E-state index is 0.198. The maximum absolute atomic E-state index is 13.5. The molecule has 2 heteroatoms. The zero-order chi connectivity index (χ0) is 12.3. The van der Waals surface area contributed by atoms with Gasteiger partial charge in [0.1, 0.15) is 5.82 Å². The number of aliphatic hydroxyl groups is 1. The van der Waals surface area contributed by atoms with Gasteiger partial charge in [-0.05, 0) is 36.3 Å². The van der Waals surface area contributed by atoms with Crippen molar-refractivity contribution in [1.82, 2.24) is 0 Å². The van der Waals surface area contributed by atoms with Crippen molar-refractivity contribution in [3.8, 4) is 0 Å². The van der Waals surface area contributed by atoms with Crippen molar-refractivity contribution in [3.05, 3.63) is 35.6 Å². The van der Waals surface area contributed by atoms with Crippen LogP contribution >= 0.6 is 0 Å². The lowest BCUT2D eigenvalue weighted by Gasteiger charge is -2.30. The molecule has 0 aromatic heterocycles. The fourth-order valence-electron chi connectivity index (χ4n) is 2.73. The predicted octanol–water partition coefficient (Wildman–Crippen LogP) is 3.56. The van der Waals surface area contributed by atoms with Crippen LogP contribution in [0.4, 0.5) is 4.39 Å². The molecule has 94 valence electrons. The zero-order valence-corrected chi connectivity index (χ0v) is 10.4. The third-order valence-corrected chi connectivity index (χ3v) is 3.99. The Bertz CT molecular complexity index is 356. The van der Waals surface area contributed by atoms with Crippen LogP contribution in [0.3, 0.4) is 0 Å². The summed E-state index contributed by atoms with van der Waals surface area (Å²) in [5.41, 5.74) is 0.638. The summed E-state index contributed by atoms with van der Waals surface area (Å²) in [4.78, 5) is 0. The molecule has 1 aromatic rings. The number of rotatable bonds is 3. The number of hydrogen-bond donors (Lipinski definition) is 1. The van der Waals surface area contributed by atoms with Gasteiger partial charge >= 0.3 is 0 Å². The lowest BCUT2D eigenvalue weighted by Crippen LogP contribution is -2.27. The van der Waals surface area contributed by atoms with Gasteiger partial charge in [-0.25, -0.2) is 4.39 Å². The minimum Gasteiger partial charge on any atom is -0.392 e. The molecule has 1 aliphatic carbocycles. The molecule has 1 N–H and O–H groups in total. The highest BCUT2D eigenvalue weighted by Crippen LogP contribution is 2.31. The van der Waals surface area contributed by atoms with Crippen LogP contribution in [0.1, 0.15) is 38.2 Å². The van der Waals surface area contributed by atoms with E-state index in [1.54, 1.807) is 12.1 Å². The second-order valence-electron chi connectivity index (χ2n) is 5.38. The Morgan fingerprint density at radius 3 is 2.53 bits per heavy atom. The predicted molar refractivity (Wildman–Crippen MR) is 67.2 cm³/mol. The molecule has 1 nitrogen and oxygen atoms in total. The fourth-order valence-corrected chi connectivity index (χ4v) is 2.73. The molecule has 17 heavy (non-hydrogen) atoms. The summed E-state index contributed by atoms with van der Waals surface area (Å²) in [6.07, 6.45) is 4.61. The fraction of sp³-hybridized carbons (Fsp3) is 0.600. The molecule has 0 amide bonds. The lowest BCUT2D eigenvalue weighted by atomic mass is 9.79. The molecule has 1 fully saturated rings. The molecular weight excluding hydrogens is 215 g/mol. The number of aliphatic hydroxyl groups excluding tert-OH is 1. The van der Waals surface area contributed by atoms with Gasteiger partial charge in [-0.1, -0.05) is 38.0 Å². The van der Waals surface area contributed by atoms with E-state index in [-0.39, 0.29) is 11.9 Å². The molecule has 0 saturated heterocycles. The number of benzene rings is 1. The van der Waals surface area contributed by atoms with Gasteiger partial charge in [-0.2, -0.15) is 0 Å². The largest absolute Gasteiger partial charge is 0.392 e. The van der Waals surface area contributed by atoms with Crippen LogP contribution in [-0.2, 0) is 6.42 Å². The molecule has 1 atom stereocenters. The van der Waals surface area contributed by atoms with Crippen LogP contribution in [0.2, 0.25) is 0 Å². The second kappa shape index (κ2) is 5.63. The Kier molecular flexibility index (Phi) is 4.16. The Morgan fingerprint density at radius 2 is 1.88 bits per heavy atom. The maximum Gasteiger partial charge on any atom is 0.126 e. The van der Waals surface area contributed by atoms with Crippen molar-refractivity contribution in [2.75, 3.05) is 0 Å². The van der Waals surface area contributed by atoms with E-state index in [2.05, 4.69) is 6.92 Å². The highest BCUT2D eigenvalue weighted by molar-refractivity contribution is 5.18. The molecule has 0 radical (unpaired) electrons. The monoisotopic (exact) mass is 236 g/mol.